The standard InChI is InChI=1S/C9H14N2O2/c1-7(2)13-6-9(12)8-4-5-11(3)10-8/h4-5,7H,6H2,1-3H3. The molecule has 13 heavy (non-hydrogen) atoms. The van der Waals surface area contributed by atoms with E-state index in [0.29, 0.717) is 5.69 Å². The minimum atomic E-state index is -0.0747. The lowest BCUT2D eigenvalue weighted by molar-refractivity contribution is 0.0580. The fourth-order valence-corrected chi connectivity index (χ4v) is 0.880. The van der Waals surface area contributed by atoms with Gasteiger partial charge in [0.05, 0.1) is 6.10 Å². The maximum Gasteiger partial charge on any atom is 0.208 e. The summed E-state index contributed by atoms with van der Waals surface area (Å²) in [6, 6.07) is 1.69. The molecule has 0 aliphatic heterocycles. The van der Waals surface area contributed by atoms with Crippen molar-refractivity contribution < 1.29 is 9.53 Å². The number of ether oxygens (including phenoxy) is 1. The second kappa shape index (κ2) is 4.18. The van der Waals surface area contributed by atoms with Gasteiger partial charge in [-0.15, -0.1) is 0 Å². The minimum Gasteiger partial charge on any atom is -0.371 e. The monoisotopic (exact) mass is 182 g/mol. The number of aryl methyl sites for hydroxylation is 1. The highest BCUT2D eigenvalue weighted by molar-refractivity contribution is 5.95. The number of carbonyl (C=O) groups is 1. The summed E-state index contributed by atoms with van der Waals surface area (Å²) in [5.41, 5.74) is 0.461. The topological polar surface area (TPSA) is 44.1 Å². The molecule has 0 atom stereocenters. The SMILES string of the molecule is CC(C)OCC(=O)c1ccn(C)n1. The van der Waals surface area contributed by atoms with Gasteiger partial charge in [0.25, 0.3) is 0 Å². The Labute approximate surface area is 77.5 Å². The van der Waals surface area contributed by atoms with Crippen LogP contribution in [0, 0.1) is 0 Å². The van der Waals surface area contributed by atoms with E-state index in [-0.39, 0.29) is 18.5 Å². The van der Waals surface area contributed by atoms with Crippen LogP contribution in [0.5, 0.6) is 0 Å². The molecular weight excluding hydrogens is 168 g/mol. The summed E-state index contributed by atoms with van der Waals surface area (Å²) < 4.78 is 6.77. The van der Waals surface area contributed by atoms with Gasteiger partial charge in [-0.3, -0.25) is 9.48 Å². The van der Waals surface area contributed by atoms with Gasteiger partial charge in [0, 0.05) is 13.2 Å². The summed E-state index contributed by atoms with van der Waals surface area (Å²) in [7, 11) is 1.78. The van der Waals surface area contributed by atoms with Crippen molar-refractivity contribution in [3.05, 3.63) is 18.0 Å². The summed E-state index contributed by atoms with van der Waals surface area (Å²) in [6.45, 7) is 3.89. The van der Waals surface area contributed by atoms with Crippen molar-refractivity contribution in [2.45, 2.75) is 20.0 Å². The number of hydrogen-bond donors (Lipinski definition) is 0. The normalized spacial score (nSPS) is 10.8. The van der Waals surface area contributed by atoms with Gasteiger partial charge in [0.1, 0.15) is 12.3 Å². The molecule has 4 nitrogen and oxygen atoms in total. The van der Waals surface area contributed by atoms with Gasteiger partial charge in [-0.1, -0.05) is 0 Å². The van der Waals surface area contributed by atoms with E-state index in [0.717, 1.165) is 0 Å². The van der Waals surface area contributed by atoms with E-state index in [1.54, 1.807) is 24.0 Å². The molecule has 1 aromatic rings. The van der Waals surface area contributed by atoms with Gasteiger partial charge in [-0.2, -0.15) is 5.10 Å². The van der Waals surface area contributed by atoms with Crippen molar-refractivity contribution in [3.8, 4) is 0 Å². The lowest BCUT2D eigenvalue weighted by Crippen LogP contribution is -2.14. The van der Waals surface area contributed by atoms with E-state index in [1.165, 1.54) is 0 Å². The fraction of sp³-hybridized carbons (Fsp3) is 0.556. The molecule has 0 saturated carbocycles. The Morgan fingerprint density at radius 2 is 2.38 bits per heavy atom. The molecule has 0 radical (unpaired) electrons. The third kappa shape index (κ3) is 2.99. The van der Waals surface area contributed by atoms with E-state index in [4.69, 9.17) is 4.74 Å². The average Bonchev–Trinajstić information content (AvgIpc) is 2.47. The molecule has 0 aromatic carbocycles. The highest BCUT2D eigenvalue weighted by Crippen LogP contribution is 1.98. The first kappa shape index (κ1) is 9.92. The first-order valence-corrected chi connectivity index (χ1v) is 4.24. The second-order valence-electron chi connectivity index (χ2n) is 3.16. The molecule has 0 spiro atoms. The molecule has 1 aromatic heterocycles. The predicted octanol–water partition coefficient (Wildman–Crippen LogP) is 1.03. The first-order chi connectivity index (χ1) is 6.09. The largest absolute Gasteiger partial charge is 0.371 e. The van der Waals surface area contributed by atoms with Crippen LogP contribution in [0.15, 0.2) is 12.3 Å². The van der Waals surface area contributed by atoms with E-state index in [1.807, 2.05) is 13.8 Å². The zero-order valence-electron chi connectivity index (χ0n) is 8.15. The van der Waals surface area contributed by atoms with Crippen LogP contribution in [0.2, 0.25) is 0 Å². The summed E-state index contributed by atoms with van der Waals surface area (Å²) >= 11 is 0. The van der Waals surface area contributed by atoms with Crippen LogP contribution in [0.1, 0.15) is 24.3 Å². The van der Waals surface area contributed by atoms with Crippen LogP contribution in [-0.2, 0) is 11.8 Å². The molecule has 0 saturated heterocycles. The molecule has 4 heteroatoms. The molecular formula is C9H14N2O2. The number of nitrogens with zero attached hydrogens (tertiary/aromatic N) is 2. The van der Waals surface area contributed by atoms with Gasteiger partial charge in [-0.25, -0.2) is 0 Å². The number of hydrogen-bond acceptors (Lipinski definition) is 3. The first-order valence-electron chi connectivity index (χ1n) is 4.24. The van der Waals surface area contributed by atoms with Crippen LogP contribution >= 0.6 is 0 Å². The van der Waals surface area contributed by atoms with Gasteiger partial charge in [-0.05, 0) is 19.9 Å². The molecule has 0 fully saturated rings. The van der Waals surface area contributed by atoms with E-state index in [9.17, 15) is 4.79 Å². The Morgan fingerprint density at radius 1 is 1.69 bits per heavy atom. The number of aromatic nitrogens is 2. The van der Waals surface area contributed by atoms with Crippen molar-refractivity contribution in [3.63, 3.8) is 0 Å². The Bertz CT molecular complexity index is 292. The van der Waals surface area contributed by atoms with Gasteiger partial charge < -0.3 is 4.74 Å². The van der Waals surface area contributed by atoms with E-state index < -0.39 is 0 Å². The van der Waals surface area contributed by atoms with Crippen molar-refractivity contribution in [2.75, 3.05) is 6.61 Å². The molecule has 1 heterocycles. The van der Waals surface area contributed by atoms with Crippen molar-refractivity contribution in [1.82, 2.24) is 9.78 Å². The summed E-state index contributed by atoms with van der Waals surface area (Å²) in [5.74, 6) is -0.0747. The predicted molar refractivity (Wildman–Crippen MR) is 48.6 cm³/mol. The fourth-order valence-electron chi connectivity index (χ4n) is 0.880. The Morgan fingerprint density at radius 3 is 2.85 bits per heavy atom. The van der Waals surface area contributed by atoms with Crippen LogP contribution in [-0.4, -0.2) is 28.3 Å². The lowest BCUT2D eigenvalue weighted by Gasteiger charge is -2.04. The van der Waals surface area contributed by atoms with Gasteiger partial charge in [0.2, 0.25) is 5.78 Å². The van der Waals surface area contributed by atoms with Crippen LogP contribution in [0.3, 0.4) is 0 Å². The molecule has 0 N–H and O–H groups in total. The minimum absolute atomic E-state index is 0.0747. The molecule has 72 valence electrons. The number of ketones is 1. The summed E-state index contributed by atoms with van der Waals surface area (Å²) in [6.07, 6.45) is 1.82. The molecule has 0 bridgehead atoms. The van der Waals surface area contributed by atoms with Gasteiger partial charge >= 0.3 is 0 Å². The number of rotatable bonds is 4. The van der Waals surface area contributed by atoms with Crippen LogP contribution in [0.25, 0.3) is 0 Å². The van der Waals surface area contributed by atoms with Crippen molar-refractivity contribution >= 4 is 5.78 Å². The molecule has 0 aliphatic carbocycles. The quantitative estimate of drug-likeness (QED) is 0.653. The summed E-state index contributed by atoms with van der Waals surface area (Å²) in [5, 5.41) is 3.98. The number of Topliss-reactive ketones (excluding diaryl/α,β-unsaturated/α-hetero) is 1. The van der Waals surface area contributed by atoms with E-state index >= 15 is 0 Å². The third-order valence-corrected chi connectivity index (χ3v) is 1.55. The molecule has 0 amide bonds. The maximum absolute atomic E-state index is 11.4. The Balaban J connectivity index is 2.49. The van der Waals surface area contributed by atoms with E-state index in [2.05, 4.69) is 5.10 Å². The molecule has 0 unspecified atom stereocenters. The summed E-state index contributed by atoms with van der Waals surface area (Å²) in [4.78, 5) is 11.4. The van der Waals surface area contributed by atoms with Crippen LogP contribution < -0.4 is 0 Å². The highest BCUT2D eigenvalue weighted by atomic mass is 16.5. The van der Waals surface area contributed by atoms with Crippen molar-refractivity contribution in [2.24, 2.45) is 7.05 Å². The van der Waals surface area contributed by atoms with Gasteiger partial charge in [0.15, 0.2) is 0 Å². The maximum atomic E-state index is 11.4. The average molecular weight is 182 g/mol. The van der Waals surface area contributed by atoms with Crippen molar-refractivity contribution in [1.29, 1.82) is 0 Å². The third-order valence-electron chi connectivity index (χ3n) is 1.55. The molecule has 1 rings (SSSR count). The Hall–Kier alpha value is -1.16. The zero-order valence-corrected chi connectivity index (χ0v) is 8.15. The Kier molecular flexibility index (Phi) is 3.19. The number of carbonyl (C=O) groups excluding carboxylic acids is 1. The molecule has 0 aliphatic rings. The lowest BCUT2D eigenvalue weighted by atomic mass is 10.3. The highest BCUT2D eigenvalue weighted by Gasteiger charge is 2.09. The van der Waals surface area contributed by atoms with Crippen LogP contribution in [0.4, 0.5) is 0 Å². The zero-order chi connectivity index (χ0) is 9.84. The smallest absolute Gasteiger partial charge is 0.208 e. The second-order valence-corrected chi connectivity index (χ2v) is 3.16.